The largest absolute Gasteiger partial charge is 0.493 e. The standard InChI is InChI=1S/C8H16BN2O2/c1-5-10-7(12-3)9-8(13-4)11-6-2/h5-6H2,1-4H3. The number of rotatable bonds is 4. The maximum atomic E-state index is 5.00. The summed E-state index contributed by atoms with van der Waals surface area (Å²) in [6, 6.07) is 0. The summed E-state index contributed by atoms with van der Waals surface area (Å²) in [5.41, 5.74) is 0. The molecule has 0 heterocycles. The zero-order chi connectivity index (χ0) is 10.1. The molecule has 0 aromatic heterocycles. The van der Waals surface area contributed by atoms with Crippen LogP contribution in [0.4, 0.5) is 0 Å². The Hall–Kier alpha value is -0.995. The van der Waals surface area contributed by atoms with Crippen molar-refractivity contribution in [1.82, 2.24) is 0 Å². The molecule has 0 aliphatic heterocycles. The highest BCUT2D eigenvalue weighted by atomic mass is 16.5. The van der Waals surface area contributed by atoms with Crippen LogP contribution < -0.4 is 0 Å². The number of hydrogen-bond donors (Lipinski definition) is 0. The van der Waals surface area contributed by atoms with Gasteiger partial charge in [0.1, 0.15) is 11.6 Å². The minimum Gasteiger partial charge on any atom is -0.493 e. The minimum atomic E-state index is 0.538. The average Bonchev–Trinajstić information content (AvgIpc) is 2.16. The summed E-state index contributed by atoms with van der Waals surface area (Å²) in [6.45, 7) is 5.25. The van der Waals surface area contributed by atoms with Crippen molar-refractivity contribution < 1.29 is 9.47 Å². The predicted molar refractivity (Wildman–Crippen MR) is 55.7 cm³/mol. The topological polar surface area (TPSA) is 43.2 Å². The van der Waals surface area contributed by atoms with E-state index in [0.717, 1.165) is 0 Å². The summed E-state index contributed by atoms with van der Waals surface area (Å²) in [4.78, 5) is 8.18. The maximum Gasteiger partial charge on any atom is 0.340 e. The molecule has 4 nitrogen and oxygen atoms in total. The molecule has 0 saturated heterocycles. The van der Waals surface area contributed by atoms with Crippen LogP contribution in [0.15, 0.2) is 9.98 Å². The van der Waals surface area contributed by atoms with Gasteiger partial charge in [0.05, 0.1) is 14.2 Å². The lowest BCUT2D eigenvalue weighted by molar-refractivity contribution is 0.403. The quantitative estimate of drug-likeness (QED) is 0.366. The monoisotopic (exact) mass is 183 g/mol. The fourth-order valence-corrected chi connectivity index (χ4v) is 0.756. The molecule has 0 unspecified atom stereocenters. The van der Waals surface area contributed by atoms with Gasteiger partial charge in [-0.05, 0) is 13.8 Å². The smallest absolute Gasteiger partial charge is 0.340 e. The minimum absolute atomic E-state index is 0.538. The Labute approximate surface area is 80.3 Å². The molecule has 0 bridgehead atoms. The Morgan fingerprint density at radius 1 is 1.00 bits per heavy atom. The highest BCUT2D eigenvalue weighted by Gasteiger charge is 2.08. The number of hydrogen-bond acceptors (Lipinski definition) is 4. The summed E-state index contributed by atoms with van der Waals surface area (Å²) >= 11 is 0. The van der Waals surface area contributed by atoms with Crippen molar-refractivity contribution in [2.45, 2.75) is 13.8 Å². The van der Waals surface area contributed by atoms with Crippen molar-refractivity contribution in [3.8, 4) is 0 Å². The molecular weight excluding hydrogens is 167 g/mol. The maximum absolute atomic E-state index is 5.00. The Bertz CT molecular complexity index is 173. The van der Waals surface area contributed by atoms with Gasteiger partial charge in [0.25, 0.3) is 0 Å². The Balaban J connectivity index is 4.19. The molecular formula is C8H16BN2O2. The van der Waals surface area contributed by atoms with Crippen molar-refractivity contribution in [2.75, 3.05) is 27.3 Å². The van der Waals surface area contributed by atoms with E-state index in [0.29, 0.717) is 24.7 Å². The highest BCUT2D eigenvalue weighted by Crippen LogP contribution is 1.85. The van der Waals surface area contributed by atoms with Gasteiger partial charge >= 0.3 is 7.28 Å². The summed E-state index contributed by atoms with van der Waals surface area (Å²) < 4.78 is 10.0. The highest BCUT2D eigenvalue weighted by molar-refractivity contribution is 6.96. The number of methoxy groups -OCH3 is 2. The predicted octanol–water partition coefficient (Wildman–Crippen LogP) is 0.735. The van der Waals surface area contributed by atoms with E-state index >= 15 is 0 Å². The first-order chi connectivity index (χ1) is 6.28. The van der Waals surface area contributed by atoms with Gasteiger partial charge in [0.2, 0.25) is 0 Å². The molecule has 0 amide bonds. The van der Waals surface area contributed by atoms with Gasteiger partial charge < -0.3 is 9.47 Å². The third kappa shape index (κ3) is 5.28. The van der Waals surface area contributed by atoms with Crippen LogP contribution in [-0.2, 0) is 9.47 Å². The molecule has 73 valence electrons. The van der Waals surface area contributed by atoms with Crippen molar-refractivity contribution in [3.63, 3.8) is 0 Å². The van der Waals surface area contributed by atoms with Crippen molar-refractivity contribution in [2.24, 2.45) is 9.98 Å². The van der Waals surface area contributed by atoms with E-state index in [2.05, 4.69) is 9.98 Å². The number of aliphatic imine (C=N–C) groups is 2. The molecule has 0 rings (SSSR count). The Morgan fingerprint density at radius 3 is 1.62 bits per heavy atom. The summed E-state index contributed by atoms with van der Waals surface area (Å²) in [6.07, 6.45) is 0. The lowest BCUT2D eigenvalue weighted by atomic mass is 9.77. The van der Waals surface area contributed by atoms with Crippen LogP contribution in [0.2, 0.25) is 0 Å². The number of nitrogens with zero attached hydrogens (tertiary/aromatic N) is 2. The molecule has 0 aliphatic carbocycles. The summed E-state index contributed by atoms with van der Waals surface area (Å²) in [5.74, 6) is 1.08. The fraction of sp³-hybridized carbons (Fsp3) is 0.750. The molecule has 0 aromatic carbocycles. The summed E-state index contributed by atoms with van der Waals surface area (Å²) in [7, 11) is 4.82. The van der Waals surface area contributed by atoms with E-state index in [1.165, 1.54) is 0 Å². The van der Waals surface area contributed by atoms with E-state index in [9.17, 15) is 0 Å². The van der Waals surface area contributed by atoms with Gasteiger partial charge in [-0.3, -0.25) is 9.98 Å². The van der Waals surface area contributed by atoms with Crippen LogP contribution >= 0.6 is 0 Å². The van der Waals surface area contributed by atoms with Crippen LogP contribution in [0.3, 0.4) is 0 Å². The van der Waals surface area contributed by atoms with Crippen LogP contribution in [0, 0.1) is 0 Å². The second kappa shape index (κ2) is 7.64. The van der Waals surface area contributed by atoms with Gasteiger partial charge in [-0.1, -0.05) is 0 Å². The van der Waals surface area contributed by atoms with Crippen LogP contribution in [-0.4, -0.2) is 46.2 Å². The van der Waals surface area contributed by atoms with E-state index in [-0.39, 0.29) is 0 Å². The van der Waals surface area contributed by atoms with Gasteiger partial charge in [-0.25, -0.2) is 0 Å². The normalized spacial score (nSPS) is 12.6. The SMILES string of the molecule is CCN=C([B]C(=NCC)OC)OC. The van der Waals surface area contributed by atoms with Crippen molar-refractivity contribution >= 4 is 18.9 Å². The first-order valence-corrected chi connectivity index (χ1v) is 4.30. The second-order valence-corrected chi connectivity index (χ2v) is 2.18. The average molecular weight is 183 g/mol. The lowest BCUT2D eigenvalue weighted by Crippen LogP contribution is -2.23. The zero-order valence-electron chi connectivity index (χ0n) is 8.70. The van der Waals surface area contributed by atoms with Gasteiger partial charge in [0.15, 0.2) is 0 Å². The molecule has 0 atom stereocenters. The zero-order valence-corrected chi connectivity index (χ0v) is 8.70. The molecule has 0 aromatic rings. The van der Waals surface area contributed by atoms with Crippen molar-refractivity contribution in [3.05, 3.63) is 0 Å². The second-order valence-electron chi connectivity index (χ2n) is 2.18. The molecule has 0 N–H and O–H groups in total. The third-order valence-electron chi connectivity index (χ3n) is 1.29. The van der Waals surface area contributed by atoms with E-state index < -0.39 is 0 Å². The van der Waals surface area contributed by atoms with E-state index in [1.807, 2.05) is 13.8 Å². The third-order valence-corrected chi connectivity index (χ3v) is 1.29. The lowest BCUT2D eigenvalue weighted by Gasteiger charge is -2.05. The first-order valence-electron chi connectivity index (χ1n) is 4.30. The molecule has 5 heteroatoms. The molecule has 1 radical (unpaired) electrons. The number of ether oxygens (including phenoxy) is 2. The van der Waals surface area contributed by atoms with Gasteiger partial charge in [-0.2, -0.15) is 0 Å². The molecule has 0 fully saturated rings. The summed E-state index contributed by atoms with van der Waals surface area (Å²) in [5, 5.41) is 0. The van der Waals surface area contributed by atoms with Crippen LogP contribution in [0.1, 0.15) is 13.8 Å². The Morgan fingerprint density at radius 2 is 1.38 bits per heavy atom. The van der Waals surface area contributed by atoms with Gasteiger partial charge in [0, 0.05) is 13.1 Å². The molecule has 13 heavy (non-hydrogen) atoms. The fourth-order valence-electron chi connectivity index (χ4n) is 0.756. The van der Waals surface area contributed by atoms with Crippen LogP contribution in [0.25, 0.3) is 0 Å². The van der Waals surface area contributed by atoms with E-state index in [4.69, 9.17) is 9.47 Å². The Kier molecular flexibility index (Phi) is 7.06. The van der Waals surface area contributed by atoms with Gasteiger partial charge in [-0.15, -0.1) is 0 Å². The van der Waals surface area contributed by atoms with E-state index in [1.54, 1.807) is 21.5 Å². The van der Waals surface area contributed by atoms with Crippen molar-refractivity contribution in [1.29, 1.82) is 0 Å². The van der Waals surface area contributed by atoms with Crippen LogP contribution in [0.5, 0.6) is 0 Å². The first kappa shape index (κ1) is 12.0. The molecule has 0 saturated carbocycles. The molecule has 0 aliphatic rings. The molecule has 0 spiro atoms.